The Kier molecular flexibility index (Phi) is 3.65. The third-order valence-corrected chi connectivity index (χ3v) is 2.83. The highest BCUT2D eigenvalue weighted by molar-refractivity contribution is 14.1. The van der Waals surface area contributed by atoms with Crippen molar-refractivity contribution in [2.45, 2.75) is 26.4 Å². The molecule has 5 nitrogen and oxygen atoms in total. The number of aromatic nitrogens is 1. The van der Waals surface area contributed by atoms with Crippen LogP contribution in [0.1, 0.15) is 20.8 Å². The van der Waals surface area contributed by atoms with E-state index in [1.165, 1.54) is 4.90 Å². The Hall–Kier alpha value is -1.05. The van der Waals surface area contributed by atoms with Gasteiger partial charge in [-0.05, 0) is 49.4 Å². The van der Waals surface area contributed by atoms with Crippen LogP contribution < -0.4 is 9.64 Å². The molecule has 18 heavy (non-hydrogen) atoms. The molecule has 1 aliphatic rings. The maximum Gasteiger partial charge on any atom is 0.416 e. The van der Waals surface area contributed by atoms with Gasteiger partial charge in [-0.2, -0.15) is 0 Å². The summed E-state index contributed by atoms with van der Waals surface area (Å²) in [6, 6.07) is 1.86. The molecule has 0 aliphatic carbocycles. The van der Waals surface area contributed by atoms with Gasteiger partial charge in [0.2, 0.25) is 0 Å². The number of anilines is 1. The van der Waals surface area contributed by atoms with Crippen LogP contribution in [-0.2, 0) is 4.74 Å². The first-order chi connectivity index (χ1) is 8.37. The molecule has 0 fully saturated rings. The van der Waals surface area contributed by atoms with Crippen LogP contribution in [-0.4, -0.2) is 29.8 Å². The summed E-state index contributed by atoms with van der Waals surface area (Å²) in [6.07, 6.45) is 1.31. The van der Waals surface area contributed by atoms with Crippen molar-refractivity contribution < 1.29 is 14.3 Å². The number of hydrogen-bond acceptors (Lipinski definition) is 4. The predicted octanol–water partition coefficient (Wildman–Crippen LogP) is 2.82. The number of fused-ring (bicyclic) bond motifs is 1. The number of rotatable bonds is 0. The lowest BCUT2D eigenvalue weighted by atomic mass is 10.2. The molecule has 0 bridgehead atoms. The van der Waals surface area contributed by atoms with Gasteiger partial charge in [0.1, 0.15) is 12.2 Å². The van der Waals surface area contributed by atoms with Gasteiger partial charge in [0.25, 0.3) is 0 Å². The smallest absolute Gasteiger partial charge is 0.416 e. The predicted molar refractivity (Wildman–Crippen MR) is 76.0 cm³/mol. The maximum atomic E-state index is 12.1. The molecule has 1 aliphatic heterocycles. The molecule has 1 aromatic rings. The van der Waals surface area contributed by atoms with Gasteiger partial charge in [-0.3, -0.25) is 4.90 Å². The Balaban J connectivity index is 2.25. The topological polar surface area (TPSA) is 51.7 Å². The lowest BCUT2D eigenvalue weighted by Crippen LogP contribution is -2.42. The zero-order chi connectivity index (χ0) is 13.3. The highest BCUT2D eigenvalue weighted by Crippen LogP contribution is 2.31. The van der Waals surface area contributed by atoms with Gasteiger partial charge in [-0.1, -0.05) is 0 Å². The average Bonchev–Trinajstić information content (AvgIpc) is 2.25. The molecule has 0 atom stereocenters. The van der Waals surface area contributed by atoms with Crippen molar-refractivity contribution in [1.82, 2.24) is 4.98 Å². The largest absolute Gasteiger partial charge is 0.488 e. The highest BCUT2D eigenvalue weighted by Gasteiger charge is 2.29. The molecule has 1 aromatic heterocycles. The minimum Gasteiger partial charge on any atom is -0.488 e. The first kappa shape index (κ1) is 13.4. The van der Waals surface area contributed by atoms with Crippen molar-refractivity contribution >= 4 is 34.5 Å². The minimum atomic E-state index is -0.515. The van der Waals surface area contributed by atoms with E-state index in [0.29, 0.717) is 24.7 Å². The Morgan fingerprint density at radius 3 is 2.94 bits per heavy atom. The molecule has 6 heteroatoms. The summed E-state index contributed by atoms with van der Waals surface area (Å²) in [5.74, 6) is 1.15. The molecular formula is C12H15IN2O3. The molecule has 2 rings (SSSR count). The van der Waals surface area contributed by atoms with E-state index in [1.807, 2.05) is 26.8 Å². The lowest BCUT2D eigenvalue weighted by Gasteiger charge is -2.30. The fraction of sp³-hybridized carbons (Fsp3) is 0.500. The van der Waals surface area contributed by atoms with Crippen LogP contribution in [0.5, 0.6) is 5.75 Å². The first-order valence-corrected chi connectivity index (χ1v) is 6.73. The number of ether oxygens (including phenoxy) is 2. The van der Waals surface area contributed by atoms with E-state index in [2.05, 4.69) is 27.6 Å². The summed E-state index contributed by atoms with van der Waals surface area (Å²) in [7, 11) is 0. The molecule has 0 aromatic carbocycles. The van der Waals surface area contributed by atoms with Gasteiger partial charge in [0, 0.05) is 9.77 Å². The number of hydrogen-bond donors (Lipinski definition) is 0. The summed E-state index contributed by atoms with van der Waals surface area (Å²) in [4.78, 5) is 17.8. The second-order valence-electron chi connectivity index (χ2n) is 4.96. The molecule has 0 unspecified atom stereocenters. The van der Waals surface area contributed by atoms with Crippen LogP contribution in [0.25, 0.3) is 0 Å². The summed E-state index contributed by atoms with van der Waals surface area (Å²) in [5, 5.41) is 0. The zero-order valence-corrected chi connectivity index (χ0v) is 12.7. The van der Waals surface area contributed by atoms with Gasteiger partial charge >= 0.3 is 6.09 Å². The van der Waals surface area contributed by atoms with Crippen LogP contribution in [0, 0.1) is 3.57 Å². The van der Waals surface area contributed by atoms with Crippen molar-refractivity contribution in [3.63, 3.8) is 0 Å². The second-order valence-corrected chi connectivity index (χ2v) is 6.20. The number of halogens is 1. The van der Waals surface area contributed by atoms with Gasteiger partial charge in [0.05, 0.1) is 6.54 Å². The minimum absolute atomic E-state index is 0.388. The average molecular weight is 362 g/mol. The number of carbonyl (C=O) groups is 1. The Bertz CT molecular complexity index is 471. The quantitative estimate of drug-likeness (QED) is 0.666. The Morgan fingerprint density at radius 2 is 2.28 bits per heavy atom. The first-order valence-electron chi connectivity index (χ1n) is 5.66. The van der Waals surface area contributed by atoms with Crippen molar-refractivity contribution in [2.75, 3.05) is 18.1 Å². The zero-order valence-electron chi connectivity index (χ0n) is 10.6. The summed E-state index contributed by atoms with van der Waals surface area (Å²) in [6.45, 7) is 6.43. The van der Waals surface area contributed by atoms with Crippen molar-refractivity contribution in [1.29, 1.82) is 0 Å². The third-order valence-electron chi connectivity index (χ3n) is 2.24. The van der Waals surface area contributed by atoms with E-state index in [4.69, 9.17) is 9.47 Å². The van der Waals surface area contributed by atoms with Crippen LogP contribution in [0.4, 0.5) is 10.6 Å². The number of nitrogens with zero attached hydrogens (tertiary/aromatic N) is 2. The van der Waals surface area contributed by atoms with Gasteiger partial charge in [-0.25, -0.2) is 9.78 Å². The molecule has 1 amide bonds. The van der Waals surface area contributed by atoms with E-state index in [0.717, 1.165) is 3.57 Å². The van der Waals surface area contributed by atoms with Crippen molar-refractivity contribution in [3.8, 4) is 5.75 Å². The number of carbonyl (C=O) groups excluding carboxylic acids is 1. The molecular weight excluding hydrogens is 347 g/mol. The van der Waals surface area contributed by atoms with E-state index >= 15 is 0 Å². The molecule has 2 heterocycles. The molecule has 0 saturated heterocycles. The van der Waals surface area contributed by atoms with Crippen molar-refractivity contribution in [3.05, 3.63) is 15.8 Å². The van der Waals surface area contributed by atoms with Crippen LogP contribution in [0.2, 0.25) is 0 Å². The molecule has 98 valence electrons. The summed E-state index contributed by atoms with van der Waals surface area (Å²) in [5.41, 5.74) is -0.515. The number of pyridine rings is 1. The molecule has 0 saturated carbocycles. The summed E-state index contributed by atoms with van der Waals surface area (Å²) < 4.78 is 11.8. The van der Waals surface area contributed by atoms with E-state index in [1.54, 1.807) is 6.20 Å². The van der Waals surface area contributed by atoms with Crippen LogP contribution in [0.15, 0.2) is 12.3 Å². The Morgan fingerprint density at radius 1 is 1.56 bits per heavy atom. The Labute approximate surface area is 120 Å². The lowest BCUT2D eigenvalue weighted by molar-refractivity contribution is 0.0566. The molecule has 0 radical (unpaired) electrons. The fourth-order valence-electron chi connectivity index (χ4n) is 1.57. The fourth-order valence-corrected chi connectivity index (χ4v) is 1.99. The van der Waals surface area contributed by atoms with E-state index < -0.39 is 5.60 Å². The van der Waals surface area contributed by atoms with Gasteiger partial charge < -0.3 is 9.47 Å². The van der Waals surface area contributed by atoms with Gasteiger partial charge in [0.15, 0.2) is 11.6 Å². The van der Waals surface area contributed by atoms with Gasteiger partial charge in [-0.15, -0.1) is 0 Å². The second kappa shape index (κ2) is 4.91. The van der Waals surface area contributed by atoms with E-state index in [9.17, 15) is 4.79 Å². The maximum absolute atomic E-state index is 12.1. The molecule has 0 spiro atoms. The van der Waals surface area contributed by atoms with E-state index in [-0.39, 0.29) is 6.09 Å². The third kappa shape index (κ3) is 3.04. The standard InChI is InChI=1S/C12H15IN2O3/c1-12(2,3)18-11(16)15-4-5-17-9-6-8(13)7-14-10(9)15/h6-7H,4-5H2,1-3H3. The molecule has 0 N–H and O–H groups in total. The van der Waals surface area contributed by atoms with Crippen LogP contribution >= 0.6 is 22.6 Å². The summed E-state index contributed by atoms with van der Waals surface area (Å²) >= 11 is 2.16. The SMILES string of the molecule is CC(C)(C)OC(=O)N1CCOc2cc(I)cnc21. The monoisotopic (exact) mass is 362 g/mol. The number of amides is 1. The van der Waals surface area contributed by atoms with Crippen LogP contribution in [0.3, 0.4) is 0 Å². The normalized spacial score (nSPS) is 14.8. The van der Waals surface area contributed by atoms with Crippen molar-refractivity contribution in [2.24, 2.45) is 0 Å². The highest BCUT2D eigenvalue weighted by atomic mass is 127.